The topological polar surface area (TPSA) is 21.7 Å². The third-order valence-corrected chi connectivity index (χ3v) is 6.39. The largest absolute Gasteiger partial charge is 0.487 e. The average Bonchev–Trinajstić information content (AvgIpc) is 2.85. The molecule has 156 valence electrons. The zero-order valence-electron chi connectivity index (χ0n) is 17.0. The van der Waals surface area contributed by atoms with Crippen LogP contribution in [0.5, 0.6) is 5.75 Å². The van der Waals surface area contributed by atoms with Crippen LogP contribution in [0.2, 0.25) is 0 Å². The van der Waals surface area contributed by atoms with Gasteiger partial charge in [-0.25, -0.2) is 8.78 Å². The van der Waals surface area contributed by atoms with Gasteiger partial charge in [0.1, 0.15) is 29.1 Å². The van der Waals surface area contributed by atoms with Gasteiger partial charge in [-0.2, -0.15) is 0 Å². The Morgan fingerprint density at radius 1 is 1.00 bits per heavy atom. The highest BCUT2D eigenvalue weighted by Gasteiger charge is 2.43. The van der Waals surface area contributed by atoms with Crippen LogP contribution < -0.4 is 4.74 Å². The standard InChI is InChI=1S/C24H29F2NO2/c1-18-24(28-17-20-16-22(26)9-10-23(20)29-18)11-14-27(15-12-24)13-3-2-4-19-5-7-21(25)8-6-19/h5-10,16,18H,2-4,11-15,17H2,1H3. The second-order valence-corrected chi connectivity index (χ2v) is 8.29. The number of likely N-dealkylation sites (tertiary alicyclic amines) is 1. The predicted molar refractivity (Wildman–Crippen MR) is 109 cm³/mol. The molecule has 1 fully saturated rings. The summed E-state index contributed by atoms with van der Waals surface area (Å²) < 4.78 is 39.0. The van der Waals surface area contributed by atoms with Gasteiger partial charge in [0.25, 0.3) is 0 Å². The Morgan fingerprint density at radius 2 is 1.72 bits per heavy atom. The van der Waals surface area contributed by atoms with Gasteiger partial charge in [0.15, 0.2) is 0 Å². The maximum Gasteiger partial charge on any atom is 0.125 e. The fraction of sp³-hybridized carbons (Fsp3) is 0.500. The summed E-state index contributed by atoms with van der Waals surface area (Å²) in [5.41, 5.74) is 1.68. The fourth-order valence-electron chi connectivity index (χ4n) is 4.43. The van der Waals surface area contributed by atoms with Crippen LogP contribution in [0.1, 0.15) is 43.7 Å². The van der Waals surface area contributed by atoms with E-state index < -0.39 is 0 Å². The van der Waals surface area contributed by atoms with Gasteiger partial charge in [-0.05, 0) is 81.5 Å². The van der Waals surface area contributed by atoms with Gasteiger partial charge in [0.2, 0.25) is 0 Å². The zero-order valence-corrected chi connectivity index (χ0v) is 17.0. The number of hydrogen-bond acceptors (Lipinski definition) is 3. The molecule has 2 aliphatic rings. The molecular weight excluding hydrogens is 372 g/mol. The zero-order chi connectivity index (χ0) is 20.3. The van der Waals surface area contributed by atoms with E-state index in [1.54, 1.807) is 6.07 Å². The monoisotopic (exact) mass is 401 g/mol. The first-order valence-electron chi connectivity index (χ1n) is 10.6. The van der Waals surface area contributed by atoms with E-state index in [-0.39, 0.29) is 23.3 Å². The highest BCUT2D eigenvalue weighted by atomic mass is 19.1. The molecule has 0 amide bonds. The van der Waals surface area contributed by atoms with E-state index >= 15 is 0 Å². The normalized spacial score (nSPS) is 21.4. The maximum atomic E-state index is 13.5. The second-order valence-electron chi connectivity index (χ2n) is 8.29. The Hall–Kier alpha value is -1.98. The molecule has 5 heteroatoms. The van der Waals surface area contributed by atoms with E-state index in [0.717, 1.165) is 63.1 Å². The van der Waals surface area contributed by atoms with Crippen LogP contribution in [0.3, 0.4) is 0 Å². The van der Waals surface area contributed by atoms with Crippen LogP contribution in [0.4, 0.5) is 8.78 Å². The number of nitrogens with zero attached hydrogens (tertiary/aromatic N) is 1. The Bertz CT molecular complexity index is 816. The minimum Gasteiger partial charge on any atom is -0.487 e. The van der Waals surface area contributed by atoms with Crippen LogP contribution in [-0.4, -0.2) is 36.2 Å². The van der Waals surface area contributed by atoms with Gasteiger partial charge < -0.3 is 14.4 Å². The van der Waals surface area contributed by atoms with Crippen molar-refractivity contribution in [2.24, 2.45) is 0 Å². The van der Waals surface area contributed by atoms with Crippen LogP contribution in [-0.2, 0) is 17.8 Å². The fourth-order valence-corrected chi connectivity index (χ4v) is 4.43. The Labute approximate surface area is 171 Å². The number of ether oxygens (including phenoxy) is 2. The molecule has 1 atom stereocenters. The third kappa shape index (κ3) is 4.78. The van der Waals surface area contributed by atoms with E-state index in [2.05, 4.69) is 11.8 Å². The van der Waals surface area contributed by atoms with Crippen molar-refractivity contribution >= 4 is 0 Å². The van der Waals surface area contributed by atoms with Crippen molar-refractivity contribution < 1.29 is 18.3 Å². The van der Waals surface area contributed by atoms with E-state index in [1.165, 1.54) is 29.8 Å². The Kier molecular flexibility index (Phi) is 6.16. The van der Waals surface area contributed by atoms with Gasteiger partial charge in [-0.3, -0.25) is 0 Å². The molecule has 2 aromatic rings. The molecule has 1 unspecified atom stereocenters. The summed E-state index contributed by atoms with van der Waals surface area (Å²) in [7, 11) is 0. The summed E-state index contributed by atoms with van der Waals surface area (Å²) in [4.78, 5) is 2.49. The number of halogens is 2. The highest BCUT2D eigenvalue weighted by molar-refractivity contribution is 5.34. The number of benzene rings is 2. The number of aryl methyl sites for hydroxylation is 1. The molecular formula is C24H29F2NO2. The van der Waals surface area contributed by atoms with Crippen molar-refractivity contribution in [2.45, 2.75) is 57.3 Å². The minimum atomic E-state index is -0.305. The van der Waals surface area contributed by atoms with Crippen molar-refractivity contribution in [3.8, 4) is 5.75 Å². The third-order valence-electron chi connectivity index (χ3n) is 6.39. The minimum absolute atomic E-state index is 0.0603. The predicted octanol–water partition coefficient (Wildman–Crippen LogP) is 5.12. The Morgan fingerprint density at radius 3 is 2.48 bits per heavy atom. The maximum absolute atomic E-state index is 13.5. The van der Waals surface area contributed by atoms with Crippen LogP contribution in [0, 0.1) is 11.6 Å². The molecule has 0 saturated carbocycles. The SMILES string of the molecule is CC1Oc2ccc(F)cc2COC12CCN(CCCCc1ccc(F)cc1)CC2. The first-order valence-corrected chi connectivity index (χ1v) is 10.6. The molecule has 4 rings (SSSR count). The lowest BCUT2D eigenvalue weighted by Gasteiger charge is -2.43. The Balaban J connectivity index is 1.25. The lowest BCUT2D eigenvalue weighted by Crippen LogP contribution is -2.53. The van der Waals surface area contributed by atoms with Crippen molar-refractivity contribution in [1.29, 1.82) is 0 Å². The van der Waals surface area contributed by atoms with Crippen molar-refractivity contribution in [1.82, 2.24) is 4.90 Å². The molecule has 29 heavy (non-hydrogen) atoms. The highest BCUT2D eigenvalue weighted by Crippen LogP contribution is 2.38. The lowest BCUT2D eigenvalue weighted by atomic mass is 9.86. The molecule has 0 aromatic heterocycles. The van der Waals surface area contributed by atoms with E-state index in [4.69, 9.17) is 9.47 Å². The quantitative estimate of drug-likeness (QED) is 0.649. The van der Waals surface area contributed by atoms with Crippen molar-refractivity contribution in [2.75, 3.05) is 19.6 Å². The molecule has 0 radical (unpaired) electrons. The molecule has 1 saturated heterocycles. The molecule has 0 aliphatic carbocycles. The molecule has 3 nitrogen and oxygen atoms in total. The van der Waals surface area contributed by atoms with Gasteiger partial charge in [-0.1, -0.05) is 12.1 Å². The van der Waals surface area contributed by atoms with Crippen LogP contribution in [0.25, 0.3) is 0 Å². The van der Waals surface area contributed by atoms with Gasteiger partial charge in [-0.15, -0.1) is 0 Å². The van der Waals surface area contributed by atoms with Gasteiger partial charge >= 0.3 is 0 Å². The lowest BCUT2D eigenvalue weighted by molar-refractivity contribution is -0.136. The first-order chi connectivity index (χ1) is 14.0. The smallest absolute Gasteiger partial charge is 0.125 e. The van der Waals surface area contributed by atoms with E-state index in [1.807, 2.05) is 12.1 Å². The van der Waals surface area contributed by atoms with Crippen molar-refractivity contribution in [3.05, 3.63) is 65.2 Å². The summed E-state index contributed by atoms with van der Waals surface area (Å²) in [6.45, 7) is 5.49. The number of unbranched alkanes of at least 4 members (excludes halogenated alkanes) is 1. The average molecular weight is 401 g/mol. The van der Waals surface area contributed by atoms with Crippen LogP contribution >= 0.6 is 0 Å². The molecule has 2 aromatic carbocycles. The summed E-state index contributed by atoms with van der Waals surface area (Å²) in [6, 6.07) is 11.5. The van der Waals surface area contributed by atoms with Crippen LogP contribution in [0.15, 0.2) is 42.5 Å². The number of hydrogen-bond donors (Lipinski definition) is 0. The summed E-state index contributed by atoms with van der Waals surface area (Å²) in [6.07, 6.45) is 4.99. The first kappa shape index (κ1) is 20.3. The van der Waals surface area contributed by atoms with Gasteiger partial charge in [0, 0.05) is 18.7 Å². The molecule has 0 N–H and O–H groups in total. The second kappa shape index (κ2) is 8.80. The summed E-state index contributed by atoms with van der Waals surface area (Å²) >= 11 is 0. The number of piperidine rings is 1. The molecule has 0 bridgehead atoms. The molecule has 2 heterocycles. The van der Waals surface area contributed by atoms with E-state index in [9.17, 15) is 8.78 Å². The van der Waals surface area contributed by atoms with Crippen molar-refractivity contribution in [3.63, 3.8) is 0 Å². The van der Waals surface area contributed by atoms with Gasteiger partial charge in [0.05, 0.1) is 6.61 Å². The molecule has 1 spiro atoms. The summed E-state index contributed by atoms with van der Waals surface area (Å²) in [5.74, 6) is 0.303. The number of rotatable bonds is 5. The summed E-state index contributed by atoms with van der Waals surface area (Å²) in [5, 5.41) is 0. The number of fused-ring (bicyclic) bond motifs is 1. The van der Waals surface area contributed by atoms with E-state index in [0.29, 0.717) is 6.61 Å². The molecule has 2 aliphatic heterocycles.